The van der Waals surface area contributed by atoms with Crippen LogP contribution in [0.25, 0.3) is 0 Å². The Bertz CT molecular complexity index is 546. The number of hydrogen-bond acceptors (Lipinski definition) is 0. The van der Waals surface area contributed by atoms with Gasteiger partial charge in [0.2, 0.25) is 6.33 Å². The molecule has 0 aliphatic heterocycles. The molecule has 2 aliphatic carbocycles. The molecule has 2 nitrogen and oxygen atoms in total. The first-order chi connectivity index (χ1) is 16.4. The van der Waals surface area contributed by atoms with E-state index < -0.39 is 7.25 Å². The molecule has 198 valence electrons. The van der Waals surface area contributed by atoms with Crippen molar-refractivity contribution in [2.75, 3.05) is 0 Å². The van der Waals surface area contributed by atoms with Crippen LogP contribution in [0.15, 0.2) is 18.7 Å². The monoisotopic (exact) mass is 488 g/mol. The molecule has 7 heteroatoms. The molecule has 2 fully saturated rings. The predicted octanol–water partition coefficient (Wildman–Crippen LogP) is 9.77. The van der Waals surface area contributed by atoms with Gasteiger partial charge in [0, 0.05) is 0 Å². The van der Waals surface area contributed by atoms with E-state index >= 15 is 0 Å². The zero-order valence-corrected chi connectivity index (χ0v) is 21.4. The van der Waals surface area contributed by atoms with Gasteiger partial charge in [-0.3, -0.25) is 0 Å². The van der Waals surface area contributed by atoms with Crippen molar-refractivity contribution in [3.05, 3.63) is 18.7 Å². The highest BCUT2D eigenvalue weighted by Crippen LogP contribution is 2.26. The van der Waals surface area contributed by atoms with E-state index in [0.29, 0.717) is 0 Å². The van der Waals surface area contributed by atoms with Crippen molar-refractivity contribution < 1.29 is 21.8 Å². The van der Waals surface area contributed by atoms with E-state index in [9.17, 15) is 17.3 Å². The molecule has 0 bridgehead atoms. The van der Waals surface area contributed by atoms with E-state index in [1.54, 1.807) is 0 Å². The molecule has 2 saturated carbocycles. The van der Waals surface area contributed by atoms with Crippen molar-refractivity contribution in [2.45, 2.75) is 153 Å². The molecule has 3 rings (SSSR count). The van der Waals surface area contributed by atoms with Crippen LogP contribution in [0.1, 0.15) is 153 Å². The summed E-state index contributed by atoms with van der Waals surface area (Å²) in [7, 11) is -6.00. The van der Waals surface area contributed by atoms with Crippen LogP contribution in [0.2, 0.25) is 0 Å². The summed E-state index contributed by atoms with van der Waals surface area (Å²) in [6, 6.07) is 1.48. The fraction of sp³-hybridized carbons (Fsp3) is 0.889. The molecule has 0 spiro atoms. The first-order valence-electron chi connectivity index (χ1n) is 14.4. The smallest absolute Gasteiger partial charge is 0.418 e. The second kappa shape index (κ2) is 17.4. The highest BCUT2D eigenvalue weighted by molar-refractivity contribution is 6.50. The predicted molar refractivity (Wildman–Crippen MR) is 134 cm³/mol. The van der Waals surface area contributed by atoms with Crippen LogP contribution in [0.5, 0.6) is 0 Å². The van der Waals surface area contributed by atoms with Crippen LogP contribution in [-0.2, 0) is 0 Å². The summed E-state index contributed by atoms with van der Waals surface area (Å²) in [6.45, 7) is 0. The topological polar surface area (TPSA) is 8.81 Å². The zero-order valence-electron chi connectivity index (χ0n) is 21.4. The third-order valence-electron chi connectivity index (χ3n) is 7.67. The third kappa shape index (κ3) is 14.4. The summed E-state index contributed by atoms with van der Waals surface area (Å²) in [5, 5.41) is 0. The van der Waals surface area contributed by atoms with Crippen molar-refractivity contribution in [3.63, 3.8) is 0 Å². The molecule has 0 N–H and O–H groups in total. The number of hydrogen-bond donors (Lipinski definition) is 0. The first kappa shape index (κ1) is 29.2. The standard InChI is InChI=1S/C27H49N2.BF4/c1-3-7-11-15-19-26(20-16-12-8-4-1)28-23-24-29(25-28)27-21-17-13-9-5-2-6-10-14-18-22-27;2-1(3,4)5/h23-27H,1-22H2;/q+1;-1. The Morgan fingerprint density at radius 2 is 0.853 bits per heavy atom. The summed E-state index contributed by atoms with van der Waals surface area (Å²) in [6.07, 6.45) is 39.0. The number of imidazole rings is 1. The van der Waals surface area contributed by atoms with Gasteiger partial charge >= 0.3 is 7.25 Å². The van der Waals surface area contributed by atoms with Gasteiger partial charge in [-0.15, -0.1) is 0 Å². The van der Waals surface area contributed by atoms with Crippen LogP contribution < -0.4 is 4.57 Å². The molecule has 1 aromatic heterocycles. The van der Waals surface area contributed by atoms with E-state index in [4.69, 9.17) is 0 Å². The summed E-state index contributed by atoms with van der Waals surface area (Å²) < 4.78 is 44.2. The zero-order chi connectivity index (χ0) is 24.5. The molecule has 0 aromatic carbocycles. The molecule has 2 aliphatic rings. The SMILES string of the molecule is F[B-](F)(F)F.c1c[n+](C2CCCCCCCCCCC2)cn1C1CCCCCCCCCCC1. The van der Waals surface area contributed by atoms with Gasteiger partial charge in [0.05, 0.1) is 0 Å². The molecular formula is C27H49BF4N2. The Kier molecular flexibility index (Phi) is 15.0. The summed E-state index contributed by atoms with van der Waals surface area (Å²) in [4.78, 5) is 0. The highest BCUT2D eigenvalue weighted by Gasteiger charge is 2.22. The lowest BCUT2D eigenvalue weighted by atomic mass is 9.97. The summed E-state index contributed by atoms with van der Waals surface area (Å²) in [5.41, 5.74) is 0. The average molecular weight is 489 g/mol. The van der Waals surface area contributed by atoms with Crippen molar-refractivity contribution in [1.29, 1.82) is 0 Å². The average Bonchev–Trinajstić information content (AvgIpc) is 3.23. The molecule has 0 unspecified atom stereocenters. The van der Waals surface area contributed by atoms with Crippen LogP contribution in [-0.4, -0.2) is 11.8 Å². The maximum absolute atomic E-state index is 9.75. The molecule has 0 radical (unpaired) electrons. The lowest BCUT2D eigenvalue weighted by Crippen LogP contribution is -2.37. The Balaban J connectivity index is 0.000000739. The Morgan fingerprint density at radius 1 is 0.529 bits per heavy atom. The second-order valence-electron chi connectivity index (χ2n) is 10.6. The third-order valence-corrected chi connectivity index (χ3v) is 7.67. The normalized spacial score (nSPS) is 22.2. The lowest BCUT2D eigenvalue weighted by molar-refractivity contribution is -0.724. The minimum atomic E-state index is -6.00. The number of aromatic nitrogens is 2. The summed E-state index contributed by atoms with van der Waals surface area (Å²) >= 11 is 0. The molecule has 0 saturated heterocycles. The van der Waals surface area contributed by atoms with Crippen molar-refractivity contribution in [1.82, 2.24) is 4.57 Å². The van der Waals surface area contributed by atoms with E-state index in [1.807, 2.05) is 0 Å². The minimum Gasteiger partial charge on any atom is -0.418 e. The van der Waals surface area contributed by atoms with E-state index in [-0.39, 0.29) is 0 Å². The first-order valence-corrected chi connectivity index (χ1v) is 14.4. The molecule has 34 heavy (non-hydrogen) atoms. The van der Waals surface area contributed by atoms with Crippen molar-refractivity contribution >= 4 is 7.25 Å². The van der Waals surface area contributed by atoms with Gasteiger partial charge in [-0.1, -0.05) is 89.9 Å². The fourth-order valence-electron chi connectivity index (χ4n) is 5.70. The van der Waals surface area contributed by atoms with Gasteiger partial charge < -0.3 is 17.3 Å². The largest absolute Gasteiger partial charge is 0.673 e. The lowest BCUT2D eigenvalue weighted by Gasteiger charge is -2.17. The number of halogens is 4. The van der Waals surface area contributed by atoms with Crippen LogP contribution >= 0.6 is 0 Å². The summed E-state index contributed by atoms with van der Waals surface area (Å²) in [5.74, 6) is 0. The van der Waals surface area contributed by atoms with E-state index in [0.717, 1.165) is 12.1 Å². The van der Waals surface area contributed by atoms with Gasteiger partial charge in [0.15, 0.2) is 0 Å². The second-order valence-corrected chi connectivity index (χ2v) is 10.6. The molecule has 1 heterocycles. The molecule has 0 atom stereocenters. The quantitative estimate of drug-likeness (QED) is 0.223. The van der Waals surface area contributed by atoms with Gasteiger partial charge in [-0.25, -0.2) is 9.13 Å². The maximum atomic E-state index is 9.75. The molecule has 0 amide bonds. The van der Waals surface area contributed by atoms with Gasteiger partial charge in [-0.05, 0) is 51.4 Å². The fourth-order valence-corrected chi connectivity index (χ4v) is 5.70. The molecule has 1 aromatic rings. The van der Waals surface area contributed by atoms with Gasteiger partial charge in [0.1, 0.15) is 24.5 Å². The van der Waals surface area contributed by atoms with Gasteiger partial charge in [0.25, 0.3) is 0 Å². The number of nitrogens with zero attached hydrogens (tertiary/aromatic N) is 2. The van der Waals surface area contributed by atoms with Crippen molar-refractivity contribution in [3.8, 4) is 0 Å². The molecular weight excluding hydrogens is 439 g/mol. The Morgan fingerprint density at radius 3 is 1.24 bits per heavy atom. The Hall–Kier alpha value is -1.01. The highest BCUT2D eigenvalue weighted by atomic mass is 19.5. The maximum Gasteiger partial charge on any atom is 0.673 e. The van der Waals surface area contributed by atoms with E-state index in [1.165, 1.54) is 141 Å². The van der Waals surface area contributed by atoms with Gasteiger partial charge in [-0.2, -0.15) is 0 Å². The number of rotatable bonds is 2. The van der Waals surface area contributed by atoms with Crippen LogP contribution in [0.4, 0.5) is 17.3 Å². The van der Waals surface area contributed by atoms with Crippen LogP contribution in [0.3, 0.4) is 0 Å². The minimum absolute atomic E-state index is 0.738. The van der Waals surface area contributed by atoms with Crippen LogP contribution in [0, 0.1) is 0 Å². The Labute approximate surface area is 206 Å². The van der Waals surface area contributed by atoms with Crippen molar-refractivity contribution in [2.24, 2.45) is 0 Å². The van der Waals surface area contributed by atoms with E-state index in [2.05, 4.69) is 27.9 Å².